The highest BCUT2D eigenvalue weighted by atomic mass is 16.5. The molecule has 2 rings (SSSR count). The summed E-state index contributed by atoms with van der Waals surface area (Å²) >= 11 is 0. The van der Waals surface area contributed by atoms with Crippen LogP contribution in [0, 0.1) is 0 Å². The van der Waals surface area contributed by atoms with Crippen LogP contribution in [0.15, 0.2) is 73.8 Å². The standard InChI is InChI=1S/C24H28O5.C3H6/c1-3-19-9-13-22(14-10-19)29-24(26)20-11-15-21(16-12-20)27-17-7-5-6-8-18-28-23(25)4-2;1-3-2/h4,9-16H,2-3,5-8,17-18H2,1H3;3H,1H2,2H3. The minimum atomic E-state index is -0.391. The minimum Gasteiger partial charge on any atom is -0.494 e. The van der Waals surface area contributed by atoms with E-state index in [1.807, 2.05) is 19.1 Å². The van der Waals surface area contributed by atoms with Crippen molar-refractivity contribution in [3.05, 3.63) is 85.0 Å². The van der Waals surface area contributed by atoms with Gasteiger partial charge < -0.3 is 14.2 Å². The van der Waals surface area contributed by atoms with E-state index in [-0.39, 0.29) is 5.97 Å². The lowest BCUT2D eigenvalue weighted by Gasteiger charge is -2.08. The van der Waals surface area contributed by atoms with Gasteiger partial charge in [0.2, 0.25) is 0 Å². The number of allylic oxidation sites excluding steroid dienone is 1. The molecule has 0 N–H and O–H groups in total. The average molecular weight is 439 g/mol. The highest BCUT2D eigenvalue weighted by Crippen LogP contribution is 2.17. The lowest BCUT2D eigenvalue weighted by Crippen LogP contribution is -2.08. The molecule has 5 heteroatoms. The topological polar surface area (TPSA) is 61.8 Å². The molecule has 0 saturated carbocycles. The molecule has 32 heavy (non-hydrogen) atoms. The number of benzene rings is 2. The number of hydrogen-bond acceptors (Lipinski definition) is 5. The van der Waals surface area contributed by atoms with Crippen molar-refractivity contribution in [1.82, 2.24) is 0 Å². The quantitative estimate of drug-likeness (QED) is 0.127. The van der Waals surface area contributed by atoms with Gasteiger partial charge in [0, 0.05) is 6.08 Å². The summed E-state index contributed by atoms with van der Waals surface area (Å²) in [6.45, 7) is 11.7. The van der Waals surface area contributed by atoms with Gasteiger partial charge in [0.25, 0.3) is 0 Å². The Balaban J connectivity index is 0.00000161. The first-order valence-corrected chi connectivity index (χ1v) is 10.9. The van der Waals surface area contributed by atoms with Crippen molar-refractivity contribution < 1.29 is 23.8 Å². The van der Waals surface area contributed by atoms with Crippen LogP contribution in [0.3, 0.4) is 0 Å². The van der Waals surface area contributed by atoms with Gasteiger partial charge in [0.05, 0.1) is 18.8 Å². The molecule has 2 aromatic rings. The van der Waals surface area contributed by atoms with Crippen LogP contribution in [0.2, 0.25) is 0 Å². The number of ether oxygens (including phenoxy) is 3. The fourth-order valence-corrected chi connectivity index (χ4v) is 2.63. The smallest absolute Gasteiger partial charge is 0.343 e. The Hall–Kier alpha value is -3.34. The summed E-state index contributed by atoms with van der Waals surface area (Å²) in [4.78, 5) is 23.1. The average Bonchev–Trinajstić information content (AvgIpc) is 2.82. The summed E-state index contributed by atoms with van der Waals surface area (Å²) in [6, 6.07) is 14.4. The highest BCUT2D eigenvalue weighted by molar-refractivity contribution is 5.91. The summed E-state index contributed by atoms with van der Waals surface area (Å²) in [5, 5.41) is 0. The zero-order valence-electron chi connectivity index (χ0n) is 19.2. The molecule has 0 radical (unpaired) electrons. The van der Waals surface area contributed by atoms with Crippen LogP contribution < -0.4 is 9.47 Å². The molecule has 2 aromatic carbocycles. The van der Waals surface area contributed by atoms with E-state index >= 15 is 0 Å². The Morgan fingerprint density at radius 2 is 1.41 bits per heavy atom. The summed E-state index contributed by atoms with van der Waals surface area (Å²) in [5.74, 6) is 0.480. The molecule has 0 aliphatic rings. The first-order valence-electron chi connectivity index (χ1n) is 10.9. The molecule has 0 heterocycles. The molecule has 0 saturated heterocycles. The maximum Gasteiger partial charge on any atom is 0.343 e. The molecule has 0 aliphatic carbocycles. The number of aryl methyl sites for hydroxylation is 1. The number of carbonyl (C=O) groups excluding carboxylic acids is 2. The lowest BCUT2D eigenvalue weighted by molar-refractivity contribution is -0.137. The monoisotopic (exact) mass is 438 g/mol. The van der Waals surface area contributed by atoms with Gasteiger partial charge >= 0.3 is 11.9 Å². The van der Waals surface area contributed by atoms with Crippen LogP contribution in [0.5, 0.6) is 11.5 Å². The minimum absolute atomic E-state index is 0.380. The first-order chi connectivity index (χ1) is 15.5. The largest absolute Gasteiger partial charge is 0.494 e. The second-order valence-electron chi connectivity index (χ2n) is 6.95. The molecule has 0 aromatic heterocycles. The van der Waals surface area contributed by atoms with Gasteiger partial charge in [0.1, 0.15) is 11.5 Å². The maximum atomic E-state index is 12.2. The molecule has 172 valence electrons. The van der Waals surface area contributed by atoms with Gasteiger partial charge in [-0.05, 0) is 81.0 Å². The zero-order chi connectivity index (χ0) is 23.6. The van der Waals surface area contributed by atoms with Crippen LogP contribution in [-0.4, -0.2) is 25.2 Å². The Kier molecular flexibility index (Phi) is 13.7. The zero-order valence-corrected chi connectivity index (χ0v) is 19.2. The molecule has 0 bridgehead atoms. The third-order valence-electron chi connectivity index (χ3n) is 4.35. The van der Waals surface area contributed by atoms with Gasteiger partial charge in [-0.1, -0.05) is 31.7 Å². The van der Waals surface area contributed by atoms with Crippen molar-refractivity contribution in [2.45, 2.75) is 46.0 Å². The Labute approximate surface area is 191 Å². The van der Waals surface area contributed by atoms with Gasteiger partial charge in [0.15, 0.2) is 0 Å². The number of rotatable bonds is 12. The van der Waals surface area contributed by atoms with E-state index in [0.717, 1.165) is 32.1 Å². The Bertz CT molecular complexity index is 822. The fourth-order valence-electron chi connectivity index (χ4n) is 2.63. The van der Waals surface area contributed by atoms with E-state index in [2.05, 4.69) is 20.1 Å². The third kappa shape index (κ3) is 11.2. The number of carbonyl (C=O) groups is 2. The van der Waals surface area contributed by atoms with E-state index in [1.54, 1.807) is 42.5 Å². The molecule has 5 nitrogen and oxygen atoms in total. The van der Waals surface area contributed by atoms with Crippen molar-refractivity contribution in [3.8, 4) is 11.5 Å². The summed E-state index contributed by atoms with van der Waals surface area (Å²) in [7, 11) is 0. The highest BCUT2D eigenvalue weighted by Gasteiger charge is 2.09. The summed E-state index contributed by atoms with van der Waals surface area (Å²) in [6.07, 6.45) is 7.57. The molecular weight excluding hydrogens is 404 g/mol. The van der Waals surface area contributed by atoms with Crippen LogP contribution in [0.25, 0.3) is 0 Å². The van der Waals surface area contributed by atoms with Gasteiger partial charge in [-0.25, -0.2) is 9.59 Å². The number of esters is 2. The Morgan fingerprint density at radius 3 is 1.97 bits per heavy atom. The lowest BCUT2D eigenvalue weighted by atomic mass is 10.2. The van der Waals surface area contributed by atoms with Crippen LogP contribution in [0.1, 0.15) is 55.5 Å². The SMILES string of the molecule is C=CC.C=CC(=O)OCCCCCCOc1ccc(C(=O)Oc2ccc(CC)cc2)cc1. The normalized spacial score (nSPS) is 9.69. The maximum absolute atomic E-state index is 12.2. The first kappa shape index (κ1) is 26.7. The molecule has 0 unspecified atom stereocenters. The van der Waals surface area contributed by atoms with Gasteiger partial charge in [-0.15, -0.1) is 6.58 Å². The van der Waals surface area contributed by atoms with Crippen molar-refractivity contribution in [1.29, 1.82) is 0 Å². The van der Waals surface area contributed by atoms with Crippen LogP contribution >= 0.6 is 0 Å². The van der Waals surface area contributed by atoms with Crippen molar-refractivity contribution in [2.75, 3.05) is 13.2 Å². The van der Waals surface area contributed by atoms with Crippen LogP contribution in [0.4, 0.5) is 0 Å². The molecule has 0 aliphatic heterocycles. The molecule has 0 fully saturated rings. The molecular formula is C27H34O5. The summed E-state index contributed by atoms with van der Waals surface area (Å²) in [5.41, 5.74) is 1.67. The van der Waals surface area contributed by atoms with E-state index in [1.165, 1.54) is 11.6 Å². The number of hydrogen-bond donors (Lipinski definition) is 0. The molecule has 0 spiro atoms. The second kappa shape index (κ2) is 16.4. The fraction of sp³-hybridized carbons (Fsp3) is 0.333. The van der Waals surface area contributed by atoms with Gasteiger partial charge in [-0.2, -0.15) is 0 Å². The van der Waals surface area contributed by atoms with Crippen LogP contribution in [-0.2, 0) is 16.0 Å². The Morgan fingerprint density at radius 1 is 0.844 bits per heavy atom. The summed E-state index contributed by atoms with van der Waals surface area (Å²) < 4.78 is 16.0. The van der Waals surface area contributed by atoms with E-state index in [0.29, 0.717) is 30.3 Å². The van der Waals surface area contributed by atoms with E-state index in [4.69, 9.17) is 14.2 Å². The second-order valence-corrected chi connectivity index (χ2v) is 6.95. The predicted molar refractivity (Wildman–Crippen MR) is 128 cm³/mol. The van der Waals surface area contributed by atoms with Crippen molar-refractivity contribution in [3.63, 3.8) is 0 Å². The number of unbranched alkanes of at least 4 members (excludes halogenated alkanes) is 3. The third-order valence-corrected chi connectivity index (χ3v) is 4.35. The van der Waals surface area contributed by atoms with E-state index in [9.17, 15) is 9.59 Å². The van der Waals surface area contributed by atoms with Gasteiger partial charge in [-0.3, -0.25) is 0 Å². The van der Waals surface area contributed by atoms with E-state index < -0.39 is 5.97 Å². The van der Waals surface area contributed by atoms with Crippen molar-refractivity contribution in [2.24, 2.45) is 0 Å². The van der Waals surface area contributed by atoms with Crippen molar-refractivity contribution >= 4 is 11.9 Å². The molecule has 0 amide bonds. The molecule has 0 atom stereocenters. The predicted octanol–water partition coefficient (Wildman–Crippen LogP) is 6.33.